The van der Waals surface area contributed by atoms with Crippen LogP contribution in [0.2, 0.25) is 0 Å². The summed E-state index contributed by atoms with van der Waals surface area (Å²) in [4.78, 5) is 17.2. The lowest BCUT2D eigenvalue weighted by Crippen LogP contribution is -2.07. The van der Waals surface area contributed by atoms with Gasteiger partial charge >= 0.3 is 5.97 Å². The largest absolute Gasteiger partial charge is 0.463 e. The summed E-state index contributed by atoms with van der Waals surface area (Å²) < 4.78 is 21.4. The number of benzene rings is 1. The summed E-state index contributed by atoms with van der Waals surface area (Å²) in [5.74, 6) is 0.378. The van der Waals surface area contributed by atoms with Gasteiger partial charge < -0.3 is 18.2 Å². The molecule has 30 heavy (non-hydrogen) atoms. The Morgan fingerprint density at radius 3 is 2.67 bits per heavy atom. The van der Waals surface area contributed by atoms with E-state index in [9.17, 15) is 4.79 Å². The Morgan fingerprint density at radius 2 is 1.87 bits per heavy atom. The standard InChI is InChI=1S/C22H15N3O5/c1-13-20-16(11-18(19-8-5-9-27-19)23-21(20)30-24-13)22(26)28-12-15-10-17(25-29-15)14-6-3-2-4-7-14/h2-11H,12H2,1H3. The van der Waals surface area contributed by atoms with Crippen LogP contribution in [-0.4, -0.2) is 21.3 Å². The molecule has 0 aliphatic rings. The van der Waals surface area contributed by atoms with Gasteiger partial charge in [-0.05, 0) is 25.1 Å². The lowest BCUT2D eigenvalue weighted by Gasteiger charge is -2.05. The molecule has 148 valence electrons. The molecule has 0 atom stereocenters. The number of carbonyl (C=O) groups excluding carboxylic acids is 1. The van der Waals surface area contributed by atoms with Gasteiger partial charge in [-0.1, -0.05) is 40.6 Å². The van der Waals surface area contributed by atoms with Gasteiger partial charge in [0.25, 0.3) is 5.71 Å². The minimum absolute atomic E-state index is 0.0666. The SMILES string of the molecule is Cc1noc2nc(-c3ccco3)cc(C(=O)OCc3cc(-c4ccccc4)no3)c12. The van der Waals surface area contributed by atoms with Crippen molar-refractivity contribution in [3.8, 4) is 22.7 Å². The van der Waals surface area contributed by atoms with Gasteiger partial charge in [0.15, 0.2) is 18.1 Å². The van der Waals surface area contributed by atoms with Gasteiger partial charge in [0.2, 0.25) is 0 Å². The summed E-state index contributed by atoms with van der Waals surface area (Å²) in [6.45, 7) is 1.67. The second-order valence-corrected chi connectivity index (χ2v) is 6.60. The van der Waals surface area contributed by atoms with Gasteiger partial charge in [-0.3, -0.25) is 0 Å². The topological polar surface area (TPSA) is 104 Å². The molecule has 5 rings (SSSR count). The van der Waals surface area contributed by atoms with E-state index < -0.39 is 5.97 Å². The summed E-state index contributed by atoms with van der Waals surface area (Å²) in [7, 11) is 0. The molecule has 5 aromatic rings. The van der Waals surface area contributed by atoms with Crippen molar-refractivity contribution in [2.75, 3.05) is 0 Å². The average Bonchev–Trinajstić information content (AvgIpc) is 3.54. The van der Waals surface area contributed by atoms with Crippen molar-refractivity contribution in [1.29, 1.82) is 0 Å². The Bertz CT molecular complexity index is 1320. The summed E-state index contributed by atoms with van der Waals surface area (Å²) in [6, 6.07) is 16.4. The van der Waals surface area contributed by atoms with Crippen LogP contribution in [0.5, 0.6) is 0 Å². The highest BCUT2D eigenvalue weighted by Crippen LogP contribution is 2.28. The molecule has 0 radical (unpaired) electrons. The molecule has 0 aliphatic heterocycles. The average molecular weight is 401 g/mol. The van der Waals surface area contributed by atoms with E-state index in [0.29, 0.717) is 34.0 Å². The van der Waals surface area contributed by atoms with E-state index in [0.717, 1.165) is 5.56 Å². The van der Waals surface area contributed by atoms with Crippen molar-refractivity contribution in [3.63, 3.8) is 0 Å². The van der Waals surface area contributed by atoms with E-state index in [1.54, 1.807) is 31.2 Å². The van der Waals surface area contributed by atoms with Gasteiger partial charge in [-0.25, -0.2) is 9.78 Å². The highest BCUT2D eigenvalue weighted by atomic mass is 16.5. The van der Waals surface area contributed by atoms with Crippen LogP contribution < -0.4 is 0 Å². The number of hydrogen-bond acceptors (Lipinski definition) is 8. The Balaban J connectivity index is 1.41. The van der Waals surface area contributed by atoms with Crippen molar-refractivity contribution in [2.45, 2.75) is 13.5 Å². The first-order chi connectivity index (χ1) is 14.7. The zero-order valence-corrected chi connectivity index (χ0v) is 15.9. The van der Waals surface area contributed by atoms with Gasteiger partial charge in [-0.2, -0.15) is 0 Å². The van der Waals surface area contributed by atoms with E-state index in [2.05, 4.69) is 15.3 Å². The zero-order valence-electron chi connectivity index (χ0n) is 15.9. The van der Waals surface area contributed by atoms with Crippen LogP contribution in [0.25, 0.3) is 33.8 Å². The third-order valence-corrected chi connectivity index (χ3v) is 4.58. The Hall–Kier alpha value is -4.20. The van der Waals surface area contributed by atoms with E-state index in [-0.39, 0.29) is 17.9 Å². The molecule has 1 aromatic carbocycles. The lowest BCUT2D eigenvalue weighted by molar-refractivity contribution is 0.0439. The fourth-order valence-corrected chi connectivity index (χ4v) is 3.15. The normalized spacial score (nSPS) is 11.1. The summed E-state index contributed by atoms with van der Waals surface area (Å²) >= 11 is 0. The number of ether oxygens (including phenoxy) is 1. The molecule has 0 spiro atoms. The van der Waals surface area contributed by atoms with Crippen molar-refractivity contribution in [3.05, 3.63) is 77.9 Å². The Labute approximate surface area is 170 Å². The molecule has 0 bridgehead atoms. The number of nitrogens with zero attached hydrogens (tertiary/aromatic N) is 3. The maximum Gasteiger partial charge on any atom is 0.339 e. The van der Waals surface area contributed by atoms with E-state index in [4.69, 9.17) is 18.2 Å². The fraction of sp³-hybridized carbons (Fsp3) is 0.0909. The number of rotatable bonds is 5. The number of aromatic nitrogens is 3. The van der Waals surface area contributed by atoms with Crippen LogP contribution in [0.1, 0.15) is 21.8 Å². The molecule has 0 amide bonds. The maximum absolute atomic E-state index is 12.9. The van der Waals surface area contributed by atoms with Crippen molar-refractivity contribution in [1.82, 2.24) is 15.3 Å². The second-order valence-electron chi connectivity index (χ2n) is 6.60. The molecule has 0 saturated carbocycles. The first kappa shape index (κ1) is 17.9. The smallest absolute Gasteiger partial charge is 0.339 e. The van der Waals surface area contributed by atoms with Gasteiger partial charge in [0, 0.05) is 11.6 Å². The summed E-state index contributed by atoms with van der Waals surface area (Å²) in [5.41, 5.74) is 3.09. The first-order valence-corrected chi connectivity index (χ1v) is 9.18. The molecular weight excluding hydrogens is 386 g/mol. The number of hydrogen-bond donors (Lipinski definition) is 0. The summed E-state index contributed by atoms with van der Waals surface area (Å²) in [6.07, 6.45) is 1.53. The maximum atomic E-state index is 12.9. The number of fused-ring (bicyclic) bond motifs is 1. The van der Waals surface area contributed by atoms with Crippen LogP contribution in [0.15, 0.2) is 74.3 Å². The molecule has 8 nitrogen and oxygen atoms in total. The predicted molar refractivity (Wildman–Crippen MR) is 105 cm³/mol. The Kier molecular flexibility index (Phi) is 4.36. The molecule has 8 heteroatoms. The number of aryl methyl sites for hydroxylation is 1. The van der Waals surface area contributed by atoms with Crippen molar-refractivity contribution in [2.24, 2.45) is 0 Å². The monoisotopic (exact) mass is 401 g/mol. The minimum Gasteiger partial charge on any atom is -0.463 e. The molecule has 4 aromatic heterocycles. The highest BCUT2D eigenvalue weighted by Gasteiger charge is 2.21. The molecule has 0 unspecified atom stereocenters. The van der Waals surface area contributed by atoms with Gasteiger partial charge in [-0.15, -0.1) is 0 Å². The third kappa shape index (κ3) is 3.24. The van der Waals surface area contributed by atoms with Crippen LogP contribution >= 0.6 is 0 Å². The number of furan rings is 1. The molecule has 0 fully saturated rings. The quantitative estimate of drug-likeness (QED) is 0.387. The van der Waals surface area contributed by atoms with E-state index in [1.165, 1.54) is 6.26 Å². The predicted octanol–water partition coefficient (Wildman–Crippen LogP) is 4.80. The van der Waals surface area contributed by atoms with Crippen molar-refractivity contribution >= 4 is 17.1 Å². The highest BCUT2D eigenvalue weighted by molar-refractivity contribution is 6.04. The van der Waals surface area contributed by atoms with Crippen LogP contribution in [0.4, 0.5) is 0 Å². The number of esters is 1. The number of carbonyl (C=O) groups is 1. The Morgan fingerprint density at radius 1 is 1.00 bits per heavy atom. The molecule has 0 N–H and O–H groups in total. The van der Waals surface area contributed by atoms with Gasteiger partial charge in [0.1, 0.15) is 11.4 Å². The van der Waals surface area contributed by atoms with Crippen LogP contribution in [0, 0.1) is 6.92 Å². The molecular formula is C22H15N3O5. The third-order valence-electron chi connectivity index (χ3n) is 4.58. The van der Waals surface area contributed by atoms with E-state index in [1.807, 2.05) is 30.3 Å². The minimum atomic E-state index is -0.556. The van der Waals surface area contributed by atoms with Crippen LogP contribution in [-0.2, 0) is 11.3 Å². The molecule has 4 heterocycles. The molecule has 0 saturated heterocycles. The van der Waals surface area contributed by atoms with E-state index >= 15 is 0 Å². The lowest BCUT2D eigenvalue weighted by atomic mass is 10.1. The fourth-order valence-electron chi connectivity index (χ4n) is 3.15. The second kappa shape index (κ2) is 7.32. The van der Waals surface area contributed by atoms with Crippen molar-refractivity contribution < 1.29 is 23.0 Å². The number of pyridine rings is 1. The summed E-state index contributed by atoms with van der Waals surface area (Å²) in [5, 5.41) is 8.44. The zero-order chi connectivity index (χ0) is 20.5. The first-order valence-electron chi connectivity index (χ1n) is 9.18. The molecule has 0 aliphatic carbocycles. The van der Waals surface area contributed by atoms with Gasteiger partial charge in [0.05, 0.1) is 22.9 Å². The van der Waals surface area contributed by atoms with Crippen LogP contribution in [0.3, 0.4) is 0 Å².